The van der Waals surface area contributed by atoms with E-state index in [9.17, 15) is 0 Å². The van der Waals surface area contributed by atoms with E-state index in [1.165, 1.54) is 11.1 Å². The van der Waals surface area contributed by atoms with Crippen LogP contribution in [0.25, 0.3) is 0 Å². The van der Waals surface area contributed by atoms with Gasteiger partial charge in [0.15, 0.2) is 0 Å². The summed E-state index contributed by atoms with van der Waals surface area (Å²) in [6, 6.07) is 18.3. The molecule has 0 aliphatic rings. The molecule has 0 saturated carbocycles. The van der Waals surface area contributed by atoms with Crippen LogP contribution in [0.2, 0.25) is 0 Å². The number of aromatic nitrogens is 2. The van der Waals surface area contributed by atoms with Crippen molar-refractivity contribution in [1.29, 1.82) is 0 Å². The fourth-order valence-electron chi connectivity index (χ4n) is 2.32. The molecule has 0 aliphatic heterocycles. The summed E-state index contributed by atoms with van der Waals surface area (Å²) in [6.07, 6.45) is 0. The maximum Gasteiger partial charge on any atom is 0.136 e. The zero-order valence-corrected chi connectivity index (χ0v) is 15.3. The van der Waals surface area contributed by atoms with E-state index in [0.29, 0.717) is 0 Å². The predicted molar refractivity (Wildman–Crippen MR) is 103 cm³/mol. The van der Waals surface area contributed by atoms with E-state index in [1.54, 1.807) is 0 Å². The Labute approximate surface area is 150 Å². The second-order valence-corrected chi connectivity index (χ2v) is 6.48. The molecule has 0 fully saturated rings. The molecule has 0 amide bonds. The van der Waals surface area contributed by atoms with Crippen LogP contribution >= 0.6 is 15.9 Å². The number of para-hydroxylation sites is 1. The van der Waals surface area contributed by atoms with Gasteiger partial charge in [-0.2, -0.15) is 0 Å². The number of nitrogens with zero attached hydrogens (tertiary/aromatic N) is 2. The van der Waals surface area contributed by atoms with E-state index < -0.39 is 0 Å². The number of halogens is 1. The van der Waals surface area contributed by atoms with Crippen molar-refractivity contribution in [3.8, 4) is 0 Å². The van der Waals surface area contributed by atoms with Gasteiger partial charge in [0, 0.05) is 17.1 Å². The highest BCUT2D eigenvalue weighted by molar-refractivity contribution is 9.10. The van der Waals surface area contributed by atoms with Gasteiger partial charge in [-0.15, -0.1) is 0 Å². The maximum atomic E-state index is 4.46. The molecule has 2 aromatic carbocycles. The smallest absolute Gasteiger partial charge is 0.136 e. The molecule has 0 bridgehead atoms. The molecule has 0 aliphatic carbocycles. The van der Waals surface area contributed by atoms with Crippen molar-refractivity contribution in [2.45, 2.75) is 20.4 Å². The van der Waals surface area contributed by atoms with Crippen LogP contribution in [-0.2, 0) is 6.54 Å². The third kappa shape index (κ3) is 4.32. The lowest BCUT2D eigenvalue weighted by molar-refractivity contribution is 1.02. The first kappa shape index (κ1) is 16.5. The Morgan fingerprint density at radius 2 is 1.62 bits per heavy atom. The van der Waals surface area contributed by atoms with Gasteiger partial charge in [-0.3, -0.25) is 0 Å². The molecule has 3 aromatic rings. The van der Waals surface area contributed by atoms with Crippen LogP contribution in [0.3, 0.4) is 0 Å². The van der Waals surface area contributed by atoms with Crippen LogP contribution in [0.15, 0.2) is 59.1 Å². The first-order valence-corrected chi connectivity index (χ1v) is 8.56. The van der Waals surface area contributed by atoms with Crippen LogP contribution in [0.1, 0.15) is 17.0 Å². The van der Waals surface area contributed by atoms with Gasteiger partial charge in [0.05, 0.1) is 5.69 Å². The minimum absolute atomic E-state index is 0.721. The molecule has 5 heteroatoms. The average Bonchev–Trinajstić information content (AvgIpc) is 2.56. The second-order valence-electron chi connectivity index (χ2n) is 5.63. The highest BCUT2D eigenvalue weighted by Crippen LogP contribution is 2.25. The van der Waals surface area contributed by atoms with Gasteiger partial charge in [-0.05, 0) is 47.5 Å². The normalized spacial score (nSPS) is 10.5. The van der Waals surface area contributed by atoms with Gasteiger partial charge in [0.25, 0.3) is 0 Å². The molecule has 3 rings (SSSR count). The monoisotopic (exact) mass is 382 g/mol. The molecule has 0 unspecified atom stereocenters. The molecule has 1 aromatic heterocycles. The third-order valence-electron chi connectivity index (χ3n) is 3.57. The largest absolute Gasteiger partial charge is 0.366 e. The van der Waals surface area contributed by atoms with Crippen LogP contribution in [-0.4, -0.2) is 9.97 Å². The summed E-state index contributed by atoms with van der Waals surface area (Å²) in [6.45, 7) is 4.71. The van der Waals surface area contributed by atoms with E-state index >= 15 is 0 Å². The van der Waals surface area contributed by atoms with Crippen molar-refractivity contribution in [2.75, 3.05) is 10.6 Å². The standard InChI is InChI=1S/C19H19BrN4/c1-13-7-9-15(10-8-13)12-21-18-11-19(23-14(2)22-18)24-17-6-4-3-5-16(17)20/h3-11H,12H2,1-2H3,(H2,21,22,23,24). The zero-order valence-electron chi connectivity index (χ0n) is 13.7. The topological polar surface area (TPSA) is 49.8 Å². The lowest BCUT2D eigenvalue weighted by Crippen LogP contribution is -2.05. The first-order valence-electron chi connectivity index (χ1n) is 7.77. The Kier molecular flexibility index (Phi) is 5.11. The van der Waals surface area contributed by atoms with Gasteiger partial charge in [0.2, 0.25) is 0 Å². The van der Waals surface area contributed by atoms with Crippen LogP contribution in [0, 0.1) is 13.8 Å². The van der Waals surface area contributed by atoms with E-state index in [1.807, 2.05) is 37.3 Å². The molecule has 122 valence electrons. The minimum atomic E-state index is 0.721. The number of nitrogens with one attached hydrogen (secondary N) is 2. The Morgan fingerprint density at radius 3 is 2.38 bits per heavy atom. The molecule has 24 heavy (non-hydrogen) atoms. The van der Waals surface area contributed by atoms with Crippen LogP contribution < -0.4 is 10.6 Å². The molecule has 0 radical (unpaired) electrons. The Bertz CT molecular complexity index is 831. The lowest BCUT2D eigenvalue weighted by atomic mass is 10.1. The van der Waals surface area contributed by atoms with Crippen LogP contribution in [0.5, 0.6) is 0 Å². The summed E-state index contributed by atoms with van der Waals surface area (Å²) >= 11 is 3.54. The number of aryl methyl sites for hydroxylation is 2. The SMILES string of the molecule is Cc1ccc(CNc2cc(Nc3ccccc3Br)nc(C)n2)cc1. The summed E-state index contributed by atoms with van der Waals surface area (Å²) in [4.78, 5) is 8.91. The van der Waals surface area contributed by atoms with Crippen molar-refractivity contribution in [3.05, 3.63) is 76.0 Å². The zero-order chi connectivity index (χ0) is 16.9. The molecular weight excluding hydrogens is 364 g/mol. The summed E-state index contributed by atoms with van der Waals surface area (Å²) in [7, 11) is 0. The van der Waals surface area contributed by atoms with E-state index in [2.05, 4.69) is 67.7 Å². The molecule has 4 nitrogen and oxygen atoms in total. The van der Waals surface area contributed by atoms with E-state index in [4.69, 9.17) is 0 Å². The highest BCUT2D eigenvalue weighted by atomic mass is 79.9. The highest BCUT2D eigenvalue weighted by Gasteiger charge is 2.04. The Balaban J connectivity index is 1.74. The van der Waals surface area contributed by atoms with Gasteiger partial charge >= 0.3 is 0 Å². The Hall–Kier alpha value is -2.40. The number of benzene rings is 2. The summed E-state index contributed by atoms with van der Waals surface area (Å²) in [5.41, 5.74) is 3.45. The average molecular weight is 383 g/mol. The van der Waals surface area contributed by atoms with Crippen molar-refractivity contribution in [1.82, 2.24) is 9.97 Å². The lowest BCUT2D eigenvalue weighted by Gasteiger charge is -2.11. The fraction of sp³-hybridized carbons (Fsp3) is 0.158. The van der Waals surface area contributed by atoms with E-state index in [0.717, 1.165) is 34.2 Å². The quantitative estimate of drug-likeness (QED) is 0.635. The van der Waals surface area contributed by atoms with Crippen molar-refractivity contribution >= 4 is 33.3 Å². The van der Waals surface area contributed by atoms with Crippen molar-refractivity contribution < 1.29 is 0 Å². The number of anilines is 3. The third-order valence-corrected chi connectivity index (χ3v) is 4.26. The molecule has 1 heterocycles. The number of hydrogen-bond donors (Lipinski definition) is 2. The summed E-state index contributed by atoms with van der Waals surface area (Å²) in [5.74, 6) is 2.29. The van der Waals surface area contributed by atoms with Crippen LogP contribution in [0.4, 0.5) is 17.3 Å². The summed E-state index contributed by atoms with van der Waals surface area (Å²) in [5, 5.41) is 6.68. The summed E-state index contributed by atoms with van der Waals surface area (Å²) < 4.78 is 0.996. The van der Waals surface area contributed by atoms with Gasteiger partial charge in [-0.1, -0.05) is 42.0 Å². The predicted octanol–water partition coefficient (Wildman–Crippen LogP) is 5.21. The Morgan fingerprint density at radius 1 is 0.917 bits per heavy atom. The number of hydrogen-bond acceptors (Lipinski definition) is 4. The van der Waals surface area contributed by atoms with Crippen molar-refractivity contribution in [2.24, 2.45) is 0 Å². The molecule has 0 saturated heterocycles. The number of rotatable bonds is 5. The van der Waals surface area contributed by atoms with Gasteiger partial charge in [-0.25, -0.2) is 9.97 Å². The fourth-order valence-corrected chi connectivity index (χ4v) is 2.71. The molecule has 0 spiro atoms. The van der Waals surface area contributed by atoms with Crippen molar-refractivity contribution in [3.63, 3.8) is 0 Å². The second kappa shape index (κ2) is 7.45. The maximum absolute atomic E-state index is 4.46. The van der Waals surface area contributed by atoms with Gasteiger partial charge in [0.1, 0.15) is 17.5 Å². The van der Waals surface area contributed by atoms with Gasteiger partial charge < -0.3 is 10.6 Å². The first-order chi connectivity index (χ1) is 11.6. The minimum Gasteiger partial charge on any atom is -0.366 e. The molecule has 2 N–H and O–H groups in total. The van der Waals surface area contributed by atoms with E-state index in [-0.39, 0.29) is 0 Å². The molecule has 0 atom stereocenters. The molecular formula is C19H19BrN4.